The van der Waals surface area contributed by atoms with E-state index in [1.165, 1.54) is 18.2 Å². The molecule has 0 unspecified atom stereocenters. The van der Waals surface area contributed by atoms with Crippen LogP contribution in [0.25, 0.3) is 0 Å². The zero-order valence-corrected chi connectivity index (χ0v) is 10.9. The van der Waals surface area contributed by atoms with E-state index < -0.39 is 4.92 Å². The minimum Gasteiger partial charge on any atom is -0.399 e. The van der Waals surface area contributed by atoms with Crippen molar-refractivity contribution in [3.63, 3.8) is 0 Å². The number of nitrogens with two attached hydrogens (primary N) is 1. The average molecular weight is 289 g/mol. The largest absolute Gasteiger partial charge is 0.399 e. The highest BCUT2D eigenvalue weighted by molar-refractivity contribution is 6.33. The number of non-ortho nitro benzene ring substituents is 1. The molecule has 0 aliphatic carbocycles. The van der Waals surface area contributed by atoms with Crippen LogP contribution in [-0.4, -0.2) is 4.92 Å². The minimum atomic E-state index is -0.557. The van der Waals surface area contributed by atoms with E-state index in [1.807, 2.05) is 6.07 Å². The van der Waals surface area contributed by atoms with Crippen LogP contribution < -0.4 is 11.1 Å². The zero-order valence-electron chi connectivity index (χ0n) is 10.1. The molecule has 0 saturated heterocycles. The Labute approximate surface area is 119 Å². The molecule has 0 bridgehead atoms. The third-order valence-electron chi connectivity index (χ3n) is 2.59. The summed E-state index contributed by atoms with van der Waals surface area (Å²) in [6.07, 6.45) is 0. The third-order valence-corrected chi connectivity index (χ3v) is 2.92. The van der Waals surface area contributed by atoms with E-state index >= 15 is 0 Å². The van der Waals surface area contributed by atoms with Crippen molar-refractivity contribution in [2.45, 2.75) is 0 Å². The molecule has 7 heteroatoms. The molecule has 3 N–H and O–H groups in total. The van der Waals surface area contributed by atoms with Crippen molar-refractivity contribution < 1.29 is 4.92 Å². The molecule has 6 nitrogen and oxygen atoms in total. The Morgan fingerprint density at radius 3 is 2.65 bits per heavy atom. The second kappa shape index (κ2) is 5.47. The summed E-state index contributed by atoms with van der Waals surface area (Å²) in [6, 6.07) is 10.7. The number of halogens is 1. The molecule has 20 heavy (non-hydrogen) atoms. The lowest BCUT2D eigenvalue weighted by Crippen LogP contribution is -1.97. The van der Waals surface area contributed by atoms with E-state index in [4.69, 9.17) is 22.6 Å². The first-order valence-corrected chi connectivity index (χ1v) is 5.89. The summed E-state index contributed by atoms with van der Waals surface area (Å²) in [7, 11) is 0. The van der Waals surface area contributed by atoms with Gasteiger partial charge >= 0.3 is 0 Å². The lowest BCUT2D eigenvalue weighted by Gasteiger charge is -2.10. The molecule has 0 aliphatic rings. The second-order valence-corrected chi connectivity index (χ2v) is 4.37. The molecule has 2 aromatic rings. The van der Waals surface area contributed by atoms with Gasteiger partial charge in [0.2, 0.25) is 0 Å². The predicted octanol–water partition coefficient (Wildman–Crippen LogP) is 3.45. The van der Waals surface area contributed by atoms with Gasteiger partial charge in [0.15, 0.2) is 0 Å². The first-order valence-electron chi connectivity index (χ1n) is 5.52. The first-order chi connectivity index (χ1) is 9.51. The number of nitro groups is 1. The molecule has 0 amide bonds. The highest BCUT2D eigenvalue weighted by Crippen LogP contribution is 2.30. The highest BCUT2D eigenvalue weighted by atomic mass is 35.5. The number of nitrogens with one attached hydrogen (secondary N) is 1. The van der Waals surface area contributed by atoms with Crippen LogP contribution in [0, 0.1) is 21.4 Å². The molecule has 2 rings (SSSR count). The molecule has 0 heterocycles. The molecule has 2 aromatic carbocycles. The fraction of sp³-hybridized carbons (Fsp3) is 0. The van der Waals surface area contributed by atoms with Crippen LogP contribution in [0.15, 0.2) is 36.4 Å². The van der Waals surface area contributed by atoms with E-state index in [0.717, 1.165) is 0 Å². The Morgan fingerprint density at radius 1 is 1.25 bits per heavy atom. The molecular formula is C13H9ClN4O2. The Balaban J connectivity index is 2.41. The Morgan fingerprint density at radius 2 is 2.00 bits per heavy atom. The maximum absolute atomic E-state index is 10.7. The second-order valence-electron chi connectivity index (χ2n) is 3.96. The molecule has 0 saturated carbocycles. The van der Waals surface area contributed by atoms with Gasteiger partial charge in [-0.1, -0.05) is 11.6 Å². The van der Waals surface area contributed by atoms with Gasteiger partial charge in [-0.3, -0.25) is 10.1 Å². The van der Waals surface area contributed by atoms with Crippen molar-refractivity contribution in [1.29, 1.82) is 5.26 Å². The summed E-state index contributed by atoms with van der Waals surface area (Å²) in [5.41, 5.74) is 7.12. The number of rotatable bonds is 3. The van der Waals surface area contributed by atoms with E-state index in [-0.39, 0.29) is 11.3 Å². The fourth-order valence-corrected chi connectivity index (χ4v) is 1.80. The molecule has 0 fully saturated rings. The lowest BCUT2D eigenvalue weighted by atomic mass is 10.1. The van der Waals surface area contributed by atoms with Gasteiger partial charge in [-0.15, -0.1) is 0 Å². The predicted molar refractivity (Wildman–Crippen MR) is 77.0 cm³/mol. The first kappa shape index (κ1) is 13.6. The van der Waals surface area contributed by atoms with Gasteiger partial charge in [0, 0.05) is 17.8 Å². The van der Waals surface area contributed by atoms with Gasteiger partial charge in [0.25, 0.3) is 5.69 Å². The van der Waals surface area contributed by atoms with Gasteiger partial charge in [-0.2, -0.15) is 5.26 Å². The number of nitro benzene ring substituents is 1. The number of hydrogen-bond acceptors (Lipinski definition) is 5. The van der Waals surface area contributed by atoms with Crippen LogP contribution in [0.3, 0.4) is 0 Å². The summed E-state index contributed by atoms with van der Waals surface area (Å²) in [5.74, 6) is 0. The SMILES string of the molecule is N#Cc1cc([N+](=O)[O-])ccc1Nc1cc(N)ccc1Cl. The topological polar surface area (TPSA) is 105 Å². The number of nitrogens with zero attached hydrogens (tertiary/aromatic N) is 2. The molecule has 100 valence electrons. The van der Waals surface area contributed by atoms with Crippen LogP contribution >= 0.6 is 11.6 Å². The number of anilines is 3. The standard InChI is InChI=1S/C13H9ClN4O2/c14-11-3-1-9(16)6-13(11)17-12-4-2-10(18(19)20)5-8(12)7-15/h1-6,17H,16H2. The zero-order chi connectivity index (χ0) is 14.7. The van der Waals surface area contributed by atoms with Crippen molar-refractivity contribution in [1.82, 2.24) is 0 Å². The highest BCUT2D eigenvalue weighted by Gasteiger charge is 2.11. The van der Waals surface area contributed by atoms with Gasteiger partial charge in [0.1, 0.15) is 6.07 Å². The van der Waals surface area contributed by atoms with Crippen molar-refractivity contribution in [2.24, 2.45) is 0 Å². The normalized spacial score (nSPS) is 9.80. The Kier molecular flexibility index (Phi) is 3.73. The van der Waals surface area contributed by atoms with Crippen molar-refractivity contribution in [2.75, 3.05) is 11.1 Å². The van der Waals surface area contributed by atoms with E-state index in [2.05, 4.69) is 5.32 Å². The van der Waals surface area contributed by atoms with Crippen LogP contribution in [0.4, 0.5) is 22.7 Å². The van der Waals surface area contributed by atoms with Gasteiger partial charge in [0.05, 0.1) is 26.9 Å². The minimum absolute atomic E-state index is 0.147. The van der Waals surface area contributed by atoms with Crippen molar-refractivity contribution >= 4 is 34.4 Å². The number of nitriles is 1. The monoisotopic (exact) mass is 288 g/mol. The summed E-state index contributed by atoms with van der Waals surface area (Å²) < 4.78 is 0. The molecule has 0 aliphatic heterocycles. The van der Waals surface area contributed by atoms with Crippen LogP contribution in [0.2, 0.25) is 5.02 Å². The molecular weight excluding hydrogens is 280 g/mol. The van der Waals surface area contributed by atoms with Crippen molar-refractivity contribution in [3.05, 3.63) is 57.1 Å². The van der Waals surface area contributed by atoms with Gasteiger partial charge in [-0.05, 0) is 24.3 Å². The third kappa shape index (κ3) is 2.79. The summed E-state index contributed by atoms with van der Waals surface area (Å²) in [4.78, 5) is 10.1. The summed E-state index contributed by atoms with van der Waals surface area (Å²) in [6.45, 7) is 0. The molecule has 0 atom stereocenters. The molecule has 0 spiro atoms. The van der Waals surface area contributed by atoms with Gasteiger partial charge < -0.3 is 11.1 Å². The van der Waals surface area contributed by atoms with E-state index in [1.54, 1.807) is 18.2 Å². The van der Waals surface area contributed by atoms with Gasteiger partial charge in [-0.25, -0.2) is 0 Å². The number of hydrogen-bond donors (Lipinski definition) is 2. The van der Waals surface area contributed by atoms with Crippen LogP contribution in [0.1, 0.15) is 5.56 Å². The lowest BCUT2D eigenvalue weighted by molar-refractivity contribution is -0.384. The maximum Gasteiger partial charge on any atom is 0.270 e. The maximum atomic E-state index is 10.7. The fourth-order valence-electron chi connectivity index (χ4n) is 1.63. The van der Waals surface area contributed by atoms with Crippen LogP contribution in [0.5, 0.6) is 0 Å². The summed E-state index contributed by atoms with van der Waals surface area (Å²) in [5, 5.41) is 23.1. The number of benzene rings is 2. The van der Waals surface area contributed by atoms with Crippen LogP contribution in [-0.2, 0) is 0 Å². The van der Waals surface area contributed by atoms with Crippen molar-refractivity contribution in [3.8, 4) is 6.07 Å². The average Bonchev–Trinajstić information content (AvgIpc) is 2.43. The van der Waals surface area contributed by atoms with E-state index in [9.17, 15) is 10.1 Å². The smallest absolute Gasteiger partial charge is 0.270 e. The number of nitrogen functional groups attached to an aromatic ring is 1. The summed E-state index contributed by atoms with van der Waals surface area (Å²) >= 11 is 6.01. The van der Waals surface area contributed by atoms with E-state index in [0.29, 0.717) is 22.1 Å². The molecule has 0 aromatic heterocycles. The quantitative estimate of drug-likeness (QED) is 0.511. The Bertz CT molecular complexity index is 725. The Hall–Kier alpha value is -2.78. The molecule has 0 radical (unpaired) electrons.